The first-order valence-electron chi connectivity index (χ1n) is 5.72. The maximum absolute atomic E-state index is 10.9. The van der Waals surface area contributed by atoms with Crippen molar-refractivity contribution in [1.82, 2.24) is 15.2 Å². The van der Waals surface area contributed by atoms with E-state index in [-0.39, 0.29) is 5.82 Å². The second-order valence-electron chi connectivity index (χ2n) is 3.51. The Hall–Kier alpha value is -2.70. The molecule has 0 aliphatic rings. The van der Waals surface area contributed by atoms with Crippen LogP contribution in [0.15, 0.2) is 40.4 Å². The van der Waals surface area contributed by atoms with Crippen molar-refractivity contribution in [2.75, 3.05) is 12.0 Å². The number of benzene rings is 1. The fourth-order valence-corrected chi connectivity index (χ4v) is 1.41. The van der Waals surface area contributed by atoms with Gasteiger partial charge in [-0.2, -0.15) is 15.2 Å². The number of aromatic nitrogens is 3. The Bertz CT molecular complexity index is 623. The minimum absolute atomic E-state index is 0.272. The van der Waals surface area contributed by atoms with Crippen LogP contribution in [0.3, 0.4) is 0 Å². The lowest BCUT2D eigenvalue weighted by Gasteiger charge is -2.05. The van der Waals surface area contributed by atoms with Crippen LogP contribution in [-0.4, -0.2) is 28.0 Å². The summed E-state index contributed by atoms with van der Waals surface area (Å²) in [7, 11) is 0. The van der Waals surface area contributed by atoms with E-state index in [9.17, 15) is 4.79 Å². The van der Waals surface area contributed by atoms with Crippen LogP contribution >= 0.6 is 0 Å². The van der Waals surface area contributed by atoms with E-state index in [0.29, 0.717) is 6.61 Å². The topological polar surface area (TPSA) is 92.3 Å². The van der Waals surface area contributed by atoms with Crippen LogP contribution in [-0.2, 0) is 0 Å². The third-order valence-corrected chi connectivity index (χ3v) is 2.17. The molecule has 0 saturated heterocycles. The monoisotopic (exact) mass is 259 g/mol. The van der Waals surface area contributed by atoms with E-state index >= 15 is 0 Å². The lowest BCUT2D eigenvalue weighted by Crippen LogP contribution is -2.13. The number of nitrogens with one attached hydrogen (secondary N) is 2. The number of anilines is 1. The first-order chi connectivity index (χ1) is 9.29. The molecule has 0 fully saturated rings. The average Bonchev–Trinajstić information content (AvgIpc) is 2.41. The van der Waals surface area contributed by atoms with Gasteiger partial charge in [0.2, 0.25) is 0 Å². The van der Waals surface area contributed by atoms with Crippen LogP contribution in [0.25, 0.3) is 0 Å². The Morgan fingerprint density at radius 1 is 1.47 bits per heavy atom. The highest BCUT2D eigenvalue weighted by Crippen LogP contribution is 2.15. The van der Waals surface area contributed by atoms with Gasteiger partial charge < -0.3 is 4.74 Å². The number of H-pyrrole nitrogens is 1. The molecule has 2 rings (SSSR count). The van der Waals surface area contributed by atoms with Gasteiger partial charge in [-0.1, -0.05) is 12.1 Å². The van der Waals surface area contributed by atoms with Crippen molar-refractivity contribution in [3.63, 3.8) is 0 Å². The van der Waals surface area contributed by atoms with Crippen molar-refractivity contribution in [3.05, 3.63) is 46.5 Å². The van der Waals surface area contributed by atoms with Crippen LogP contribution in [0.5, 0.6) is 5.75 Å². The van der Waals surface area contributed by atoms with Crippen LogP contribution < -0.4 is 15.9 Å². The van der Waals surface area contributed by atoms with Crippen molar-refractivity contribution in [2.24, 2.45) is 5.10 Å². The Morgan fingerprint density at radius 2 is 2.32 bits per heavy atom. The van der Waals surface area contributed by atoms with E-state index in [4.69, 9.17) is 4.74 Å². The van der Waals surface area contributed by atoms with E-state index in [1.807, 2.05) is 31.2 Å². The molecule has 0 spiro atoms. The predicted molar refractivity (Wildman–Crippen MR) is 71.5 cm³/mol. The number of nitrogens with zero attached hydrogens (tertiary/aromatic N) is 3. The molecule has 1 aromatic heterocycles. The third-order valence-electron chi connectivity index (χ3n) is 2.17. The SMILES string of the molecule is CCOc1ccccc1/C=N/Nc1cn[nH]c(=O)n1. The summed E-state index contributed by atoms with van der Waals surface area (Å²) in [6.45, 7) is 2.50. The molecule has 0 atom stereocenters. The lowest BCUT2D eigenvalue weighted by molar-refractivity contribution is 0.340. The summed E-state index contributed by atoms with van der Waals surface area (Å²) in [6.07, 6.45) is 2.96. The number of aromatic amines is 1. The van der Waals surface area contributed by atoms with Gasteiger partial charge in [-0.25, -0.2) is 9.89 Å². The number of hydrogen-bond acceptors (Lipinski definition) is 6. The second kappa shape index (κ2) is 6.29. The molecule has 0 aliphatic carbocycles. The number of rotatable bonds is 5. The maximum atomic E-state index is 10.9. The van der Waals surface area contributed by atoms with Gasteiger partial charge in [0, 0.05) is 5.56 Å². The quantitative estimate of drug-likeness (QED) is 0.617. The Kier molecular flexibility index (Phi) is 4.22. The third kappa shape index (κ3) is 3.63. The molecule has 7 heteroatoms. The molecule has 0 aliphatic heterocycles. The molecule has 0 unspecified atom stereocenters. The first kappa shape index (κ1) is 12.7. The van der Waals surface area contributed by atoms with Crippen LogP contribution in [0, 0.1) is 0 Å². The predicted octanol–water partition coefficient (Wildman–Crippen LogP) is 1.01. The molecule has 98 valence electrons. The average molecular weight is 259 g/mol. The summed E-state index contributed by atoms with van der Waals surface area (Å²) in [5.41, 5.74) is 2.92. The van der Waals surface area contributed by atoms with Gasteiger partial charge in [-0.15, -0.1) is 0 Å². The van der Waals surface area contributed by atoms with E-state index < -0.39 is 5.69 Å². The Morgan fingerprint density at radius 3 is 3.11 bits per heavy atom. The molecule has 2 N–H and O–H groups in total. The highest BCUT2D eigenvalue weighted by molar-refractivity contribution is 5.83. The second-order valence-corrected chi connectivity index (χ2v) is 3.51. The molecule has 7 nitrogen and oxygen atoms in total. The molecule has 0 radical (unpaired) electrons. The van der Waals surface area contributed by atoms with E-state index in [1.54, 1.807) is 6.21 Å². The smallest absolute Gasteiger partial charge is 0.363 e. The van der Waals surface area contributed by atoms with Gasteiger partial charge in [0.15, 0.2) is 5.82 Å². The van der Waals surface area contributed by atoms with Crippen molar-refractivity contribution in [3.8, 4) is 5.75 Å². The minimum Gasteiger partial charge on any atom is -0.493 e. The van der Waals surface area contributed by atoms with Crippen molar-refractivity contribution in [2.45, 2.75) is 6.92 Å². The zero-order chi connectivity index (χ0) is 13.5. The van der Waals surface area contributed by atoms with Crippen LogP contribution in [0.2, 0.25) is 0 Å². The van der Waals surface area contributed by atoms with Crippen molar-refractivity contribution < 1.29 is 4.74 Å². The normalized spacial score (nSPS) is 10.6. The number of hydrogen-bond donors (Lipinski definition) is 2. The number of para-hydroxylation sites is 1. The summed E-state index contributed by atoms with van der Waals surface area (Å²) < 4.78 is 5.46. The number of ether oxygens (including phenoxy) is 1. The zero-order valence-corrected chi connectivity index (χ0v) is 10.3. The van der Waals surface area contributed by atoms with Crippen molar-refractivity contribution >= 4 is 12.0 Å². The summed E-state index contributed by atoms with van der Waals surface area (Å²) in [6, 6.07) is 7.51. The Balaban J connectivity index is 2.08. The van der Waals surface area contributed by atoms with Crippen molar-refractivity contribution in [1.29, 1.82) is 0 Å². The molecule has 0 saturated carbocycles. The Labute approximate surface area is 109 Å². The molecular weight excluding hydrogens is 246 g/mol. The molecule has 2 aromatic rings. The summed E-state index contributed by atoms with van der Waals surface area (Å²) >= 11 is 0. The fraction of sp³-hybridized carbons (Fsp3) is 0.167. The van der Waals surface area contributed by atoms with E-state index in [2.05, 4.69) is 25.7 Å². The summed E-state index contributed by atoms with van der Waals surface area (Å²) in [4.78, 5) is 14.6. The molecule has 19 heavy (non-hydrogen) atoms. The highest BCUT2D eigenvalue weighted by atomic mass is 16.5. The molecular formula is C12H13N5O2. The van der Waals surface area contributed by atoms with Gasteiger partial charge in [0.1, 0.15) is 5.75 Å². The first-order valence-corrected chi connectivity index (χ1v) is 5.72. The number of hydrazone groups is 1. The molecule has 0 bridgehead atoms. The van der Waals surface area contributed by atoms with Crippen LogP contribution in [0.1, 0.15) is 12.5 Å². The molecule has 1 aromatic carbocycles. The largest absolute Gasteiger partial charge is 0.493 e. The van der Waals surface area contributed by atoms with Gasteiger partial charge in [-0.3, -0.25) is 5.43 Å². The molecule has 0 amide bonds. The highest BCUT2D eigenvalue weighted by Gasteiger charge is 1.99. The zero-order valence-electron chi connectivity index (χ0n) is 10.3. The lowest BCUT2D eigenvalue weighted by atomic mass is 10.2. The molecule has 1 heterocycles. The van der Waals surface area contributed by atoms with Gasteiger partial charge in [-0.05, 0) is 19.1 Å². The van der Waals surface area contributed by atoms with E-state index in [0.717, 1.165) is 11.3 Å². The van der Waals surface area contributed by atoms with Gasteiger partial charge in [0.05, 0.1) is 19.0 Å². The van der Waals surface area contributed by atoms with Gasteiger partial charge >= 0.3 is 5.69 Å². The fourth-order valence-electron chi connectivity index (χ4n) is 1.41. The summed E-state index contributed by atoms with van der Waals surface area (Å²) in [5.74, 6) is 1.02. The van der Waals surface area contributed by atoms with Crippen LogP contribution in [0.4, 0.5) is 5.82 Å². The standard InChI is InChI=1S/C12H13N5O2/c1-2-19-10-6-4-3-5-9(10)7-13-16-11-8-14-17-12(18)15-11/h3-8H,2H2,1H3,(H2,15,16,17,18)/b13-7+. The van der Waals surface area contributed by atoms with Gasteiger partial charge in [0.25, 0.3) is 0 Å². The maximum Gasteiger partial charge on any atom is 0.363 e. The minimum atomic E-state index is -0.532. The summed E-state index contributed by atoms with van der Waals surface area (Å²) in [5, 5.41) is 9.76. The van der Waals surface area contributed by atoms with E-state index in [1.165, 1.54) is 6.20 Å².